The molecule has 0 saturated carbocycles. The number of hydrogen-bond donors (Lipinski definition) is 1. The quantitative estimate of drug-likeness (QED) is 0.854. The predicted molar refractivity (Wildman–Crippen MR) is 69.6 cm³/mol. The molecule has 1 aromatic rings. The van der Waals surface area contributed by atoms with Gasteiger partial charge in [-0.15, -0.1) is 0 Å². The van der Waals surface area contributed by atoms with Gasteiger partial charge in [0.05, 0.1) is 6.10 Å². The third-order valence-corrected chi connectivity index (χ3v) is 2.41. The molecule has 1 aromatic carbocycles. The zero-order valence-electron chi connectivity index (χ0n) is 10.6. The highest BCUT2D eigenvalue weighted by molar-refractivity contribution is 6.30. The summed E-state index contributed by atoms with van der Waals surface area (Å²) in [6.07, 6.45) is -0.201. The van der Waals surface area contributed by atoms with Crippen LogP contribution in [0.4, 0.5) is 0 Å². The first-order chi connectivity index (χ1) is 8.40. The van der Waals surface area contributed by atoms with Gasteiger partial charge in [-0.3, -0.25) is 4.79 Å². The van der Waals surface area contributed by atoms with Crippen LogP contribution < -0.4 is 5.32 Å². The van der Waals surface area contributed by atoms with E-state index in [1.807, 2.05) is 0 Å². The Kier molecular flexibility index (Phi) is 5.16. The first-order valence-electron chi connectivity index (χ1n) is 5.67. The Bertz CT molecular complexity index is 428. The van der Waals surface area contributed by atoms with Crippen LogP contribution in [0.5, 0.6) is 0 Å². The van der Waals surface area contributed by atoms with Crippen LogP contribution in [-0.2, 0) is 9.53 Å². The molecule has 1 rings (SSSR count). The van der Waals surface area contributed by atoms with E-state index in [0.29, 0.717) is 10.6 Å². The molecule has 98 valence electrons. The Hall–Kier alpha value is -1.55. The summed E-state index contributed by atoms with van der Waals surface area (Å²) in [5.41, 5.74) is 0.448. The van der Waals surface area contributed by atoms with Crippen molar-refractivity contribution >= 4 is 23.5 Å². The van der Waals surface area contributed by atoms with Crippen molar-refractivity contribution in [2.75, 3.05) is 0 Å². The van der Waals surface area contributed by atoms with E-state index in [0.717, 1.165) is 0 Å². The molecule has 0 aromatic heterocycles. The van der Waals surface area contributed by atoms with Gasteiger partial charge in [0.15, 0.2) is 0 Å². The number of rotatable bonds is 4. The fraction of sp³-hybridized carbons (Fsp3) is 0.385. The molecule has 0 radical (unpaired) electrons. The Morgan fingerprint density at radius 1 is 1.17 bits per heavy atom. The lowest BCUT2D eigenvalue weighted by Crippen LogP contribution is -2.40. The fourth-order valence-electron chi connectivity index (χ4n) is 1.27. The maximum absolute atomic E-state index is 11.8. The highest BCUT2D eigenvalue weighted by Crippen LogP contribution is 2.09. The smallest absolute Gasteiger partial charge is 0.328 e. The molecule has 18 heavy (non-hydrogen) atoms. The second kappa shape index (κ2) is 6.40. The number of carbonyl (C=O) groups is 2. The molecule has 0 bridgehead atoms. The van der Waals surface area contributed by atoms with E-state index < -0.39 is 12.0 Å². The van der Waals surface area contributed by atoms with E-state index in [2.05, 4.69) is 5.32 Å². The number of ether oxygens (including phenoxy) is 1. The van der Waals surface area contributed by atoms with E-state index in [1.165, 1.54) is 0 Å². The highest BCUT2D eigenvalue weighted by Gasteiger charge is 2.18. The Balaban J connectivity index is 2.59. The Morgan fingerprint density at radius 3 is 2.22 bits per heavy atom. The highest BCUT2D eigenvalue weighted by atomic mass is 35.5. The lowest BCUT2D eigenvalue weighted by atomic mass is 10.2. The number of halogens is 1. The number of hydrogen-bond acceptors (Lipinski definition) is 3. The van der Waals surface area contributed by atoms with E-state index in [1.54, 1.807) is 45.0 Å². The van der Waals surface area contributed by atoms with E-state index in [4.69, 9.17) is 16.3 Å². The molecule has 0 spiro atoms. The molecule has 1 N–H and O–H groups in total. The second-order valence-corrected chi connectivity index (χ2v) is 4.62. The lowest BCUT2D eigenvalue weighted by Gasteiger charge is -2.15. The van der Waals surface area contributed by atoms with Gasteiger partial charge >= 0.3 is 5.97 Å². The third-order valence-electron chi connectivity index (χ3n) is 2.16. The third kappa shape index (κ3) is 4.37. The molecule has 0 aliphatic rings. The summed E-state index contributed by atoms with van der Waals surface area (Å²) in [4.78, 5) is 23.3. The van der Waals surface area contributed by atoms with Crippen LogP contribution in [-0.4, -0.2) is 24.0 Å². The molecule has 0 heterocycles. The first kappa shape index (κ1) is 14.5. The first-order valence-corrected chi connectivity index (χ1v) is 6.05. The molecular weight excluding hydrogens is 254 g/mol. The zero-order valence-corrected chi connectivity index (χ0v) is 11.3. The fourth-order valence-corrected chi connectivity index (χ4v) is 1.40. The largest absolute Gasteiger partial charge is 0.461 e. The van der Waals surface area contributed by atoms with Crippen LogP contribution in [0.25, 0.3) is 0 Å². The summed E-state index contributed by atoms with van der Waals surface area (Å²) >= 11 is 5.72. The van der Waals surface area contributed by atoms with Crippen LogP contribution in [0.15, 0.2) is 24.3 Å². The van der Waals surface area contributed by atoms with E-state index in [9.17, 15) is 9.59 Å². The molecule has 0 saturated heterocycles. The van der Waals surface area contributed by atoms with E-state index >= 15 is 0 Å². The molecule has 5 heteroatoms. The molecule has 0 aliphatic heterocycles. The van der Waals surface area contributed by atoms with Crippen molar-refractivity contribution in [1.29, 1.82) is 0 Å². The van der Waals surface area contributed by atoms with Gasteiger partial charge in [-0.2, -0.15) is 0 Å². The second-order valence-electron chi connectivity index (χ2n) is 4.19. The van der Waals surface area contributed by atoms with Crippen LogP contribution in [0.3, 0.4) is 0 Å². The van der Waals surface area contributed by atoms with Gasteiger partial charge in [-0.05, 0) is 45.0 Å². The SMILES string of the molecule is CC(C)OC(=O)C(C)NC(=O)c1ccc(Cl)cc1. The zero-order chi connectivity index (χ0) is 13.7. The molecule has 1 atom stereocenters. The van der Waals surface area contributed by atoms with Crippen LogP contribution in [0.2, 0.25) is 5.02 Å². The summed E-state index contributed by atoms with van der Waals surface area (Å²) in [7, 11) is 0. The molecule has 1 amide bonds. The van der Waals surface area contributed by atoms with Crippen LogP contribution in [0.1, 0.15) is 31.1 Å². The summed E-state index contributed by atoms with van der Waals surface area (Å²) in [6, 6.07) is 5.74. The lowest BCUT2D eigenvalue weighted by molar-refractivity contribution is -0.149. The van der Waals surface area contributed by atoms with Crippen molar-refractivity contribution in [2.45, 2.75) is 32.9 Å². The van der Waals surface area contributed by atoms with Crippen molar-refractivity contribution in [3.05, 3.63) is 34.9 Å². The molecule has 4 nitrogen and oxygen atoms in total. The molecule has 1 unspecified atom stereocenters. The summed E-state index contributed by atoms with van der Waals surface area (Å²) in [5, 5.41) is 3.12. The van der Waals surface area contributed by atoms with Gasteiger partial charge < -0.3 is 10.1 Å². The normalized spacial score (nSPS) is 12.1. The standard InChI is InChI=1S/C13H16ClNO3/c1-8(2)18-13(17)9(3)15-12(16)10-4-6-11(14)7-5-10/h4-9H,1-3H3,(H,15,16). The average molecular weight is 270 g/mol. The summed E-state index contributed by atoms with van der Waals surface area (Å²) < 4.78 is 4.99. The van der Waals surface area contributed by atoms with Gasteiger partial charge in [0, 0.05) is 10.6 Å². The van der Waals surface area contributed by atoms with Crippen molar-refractivity contribution in [1.82, 2.24) is 5.32 Å². The van der Waals surface area contributed by atoms with Crippen LogP contribution >= 0.6 is 11.6 Å². The van der Waals surface area contributed by atoms with Gasteiger partial charge in [0.1, 0.15) is 6.04 Å². The maximum atomic E-state index is 11.8. The number of benzene rings is 1. The number of esters is 1. The topological polar surface area (TPSA) is 55.4 Å². The van der Waals surface area contributed by atoms with Gasteiger partial charge in [-0.1, -0.05) is 11.6 Å². The predicted octanol–water partition coefficient (Wildman–Crippen LogP) is 2.41. The average Bonchev–Trinajstić information content (AvgIpc) is 2.28. The van der Waals surface area contributed by atoms with Gasteiger partial charge in [0.2, 0.25) is 0 Å². The number of carbonyl (C=O) groups excluding carboxylic acids is 2. The molecular formula is C13H16ClNO3. The minimum atomic E-state index is -0.685. The Morgan fingerprint density at radius 2 is 1.72 bits per heavy atom. The van der Waals surface area contributed by atoms with Crippen LogP contribution in [0, 0.1) is 0 Å². The maximum Gasteiger partial charge on any atom is 0.328 e. The molecule has 0 fully saturated rings. The number of amides is 1. The Labute approximate surface area is 111 Å². The number of nitrogens with one attached hydrogen (secondary N) is 1. The van der Waals surface area contributed by atoms with Gasteiger partial charge in [0.25, 0.3) is 5.91 Å². The van der Waals surface area contributed by atoms with Crippen molar-refractivity contribution in [2.24, 2.45) is 0 Å². The van der Waals surface area contributed by atoms with E-state index in [-0.39, 0.29) is 12.0 Å². The van der Waals surface area contributed by atoms with Crippen molar-refractivity contribution in [3.8, 4) is 0 Å². The monoisotopic (exact) mass is 269 g/mol. The molecule has 0 aliphatic carbocycles. The minimum Gasteiger partial charge on any atom is -0.461 e. The minimum absolute atomic E-state index is 0.201. The summed E-state index contributed by atoms with van der Waals surface area (Å²) in [5.74, 6) is -0.785. The van der Waals surface area contributed by atoms with Crippen molar-refractivity contribution < 1.29 is 14.3 Å². The van der Waals surface area contributed by atoms with Crippen molar-refractivity contribution in [3.63, 3.8) is 0 Å². The van der Waals surface area contributed by atoms with Gasteiger partial charge in [-0.25, -0.2) is 4.79 Å². The summed E-state index contributed by atoms with van der Waals surface area (Å²) in [6.45, 7) is 5.09.